The number of carbonyl (C=O) groups excluding carboxylic acids is 1. The van der Waals surface area contributed by atoms with E-state index < -0.39 is 11.6 Å². The van der Waals surface area contributed by atoms with Crippen molar-refractivity contribution in [1.29, 1.82) is 0 Å². The van der Waals surface area contributed by atoms with Gasteiger partial charge in [-0.3, -0.25) is 9.69 Å². The molecule has 1 aliphatic rings. The summed E-state index contributed by atoms with van der Waals surface area (Å²) < 4.78 is 26.1. The lowest BCUT2D eigenvalue weighted by molar-refractivity contribution is -0.118. The van der Waals surface area contributed by atoms with Gasteiger partial charge in [-0.15, -0.1) is 12.4 Å². The number of halogens is 3. The van der Waals surface area contributed by atoms with Gasteiger partial charge < -0.3 is 10.6 Å². The monoisotopic (exact) mass is 305 g/mol. The van der Waals surface area contributed by atoms with Gasteiger partial charge in [0.1, 0.15) is 11.6 Å². The molecule has 0 spiro atoms. The molecule has 1 fully saturated rings. The van der Waals surface area contributed by atoms with E-state index in [-0.39, 0.29) is 36.6 Å². The van der Waals surface area contributed by atoms with E-state index in [9.17, 15) is 13.6 Å². The van der Waals surface area contributed by atoms with Gasteiger partial charge >= 0.3 is 0 Å². The fraction of sp³-hybridized carbons (Fsp3) is 0.462. The molecule has 1 aromatic carbocycles. The Morgan fingerprint density at radius 1 is 1.50 bits per heavy atom. The van der Waals surface area contributed by atoms with Crippen LogP contribution in [0.15, 0.2) is 18.2 Å². The van der Waals surface area contributed by atoms with Gasteiger partial charge in [0, 0.05) is 31.7 Å². The minimum atomic E-state index is -0.762. The Hall–Kier alpha value is -1.24. The molecule has 1 amide bonds. The number of benzene rings is 1. The highest BCUT2D eigenvalue weighted by atomic mass is 35.5. The predicted octanol–water partition coefficient (Wildman–Crippen LogP) is 1.62. The van der Waals surface area contributed by atoms with Crippen LogP contribution in [0.3, 0.4) is 0 Å². The van der Waals surface area contributed by atoms with Gasteiger partial charge in [0.15, 0.2) is 0 Å². The van der Waals surface area contributed by atoms with E-state index in [1.165, 1.54) is 6.07 Å². The first-order chi connectivity index (χ1) is 9.06. The Labute approximate surface area is 122 Å². The second-order valence-electron chi connectivity index (χ2n) is 4.70. The van der Waals surface area contributed by atoms with Crippen LogP contribution in [0.2, 0.25) is 0 Å². The molecule has 0 aromatic heterocycles. The quantitative estimate of drug-likeness (QED) is 0.892. The minimum absolute atomic E-state index is 0. The largest absolute Gasteiger partial charge is 0.322 e. The standard InChI is InChI=1S/C13H17F2N3O.ClH/c1-9-7-16-4-5-18(9)8-13(19)17-12-3-2-10(14)6-11(12)15;/h2-3,6,9,16H,4-5,7-8H2,1H3,(H,17,19);1H/t9-;/m0./s1. The zero-order valence-electron chi connectivity index (χ0n) is 11.2. The first kappa shape index (κ1) is 16.8. The molecule has 112 valence electrons. The summed E-state index contributed by atoms with van der Waals surface area (Å²) in [6.45, 7) is 4.68. The summed E-state index contributed by atoms with van der Waals surface area (Å²) in [6.07, 6.45) is 0. The van der Waals surface area contributed by atoms with Crippen molar-refractivity contribution in [3.63, 3.8) is 0 Å². The van der Waals surface area contributed by atoms with Crippen LogP contribution in [-0.2, 0) is 4.79 Å². The summed E-state index contributed by atoms with van der Waals surface area (Å²) in [4.78, 5) is 13.9. The van der Waals surface area contributed by atoms with Crippen LogP contribution < -0.4 is 10.6 Å². The van der Waals surface area contributed by atoms with Gasteiger partial charge in [-0.2, -0.15) is 0 Å². The van der Waals surface area contributed by atoms with Crippen molar-refractivity contribution in [2.45, 2.75) is 13.0 Å². The van der Waals surface area contributed by atoms with Crippen LogP contribution in [-0.4, -0.2) is 43.0 Å². The molecule has 1 aromatic rings. The molecule has 7 heteroatoms. The van der Waals surface area contributed by atoms with Crippen LogP contribution in [0.5, 0.6) is 0 Å². The van der Waals surface area contributed by atoms with Gasteiger partial charge in [-0.25, -0.2) is 8.78 Å². The van der Waals surface area contributed by atoms with E-state index in [2.05, 4.69) is 10.6 Å². The SMILES string of the molecule is C[C@H]1CNCCN1CC(=O)Nc1ccc(F)cc1F.Cl. The highest BCUT2D eigenvalue weighted by molar-refractivity contribution is 5.92. The zero-order valence-corrected chi connectivity index (χ0v) is 12.0. The number of piperazine rings is 1. The third-order valence-electron chi connectivity index (χ3n) is 3.19. The van der Waals surface area contributed by atoms with Crippen molar-refractivity contribution in [3.05, 3.63) is 29.8 Å². The molecule has 1 aliphatic heterocycles. The number of hydrogen-bond donors (Lipinski definition) is 2. The van der Waals surface area contributed by atoms with Gasteiger partial charge in [-0.05, 0) is 19.1 Å². The molecule has 0 bridgehead atoms. The van der Waals surface area contributed by atoms with Gasteiger partial charge in [-0.1, -0.05) is 0 Å². The van der Waals surface area contributed by atoms with Crippen LogP contribution >= 0.6 is 12.4 Å². The Morgan fingerprint density at radius 2 is 2.25 bits per heavy atom. The van der Waals surface area contributed by atoms with E-state index >= 15 is 0 Å². The number of anilines is 1. The summed E-state index contributed by atoms with van der Waals surface area (Å²) in [7, 11) is 0. The number of rotatable bonds is 3. The van der Waals surface area contributed by atoms with Crippen molar-refractivity contribution in [1.82, 2.24) is 10.2 Å². The van der Waals surface area contributed by atoms with Crippen LogP contribution in [0.25, 0.3) is 0 Å². The van der Waals surface area contributed by atoms with E-state index in [0.29, 0.717) is 0 Å². The lowest BCUT2D eigenvalue weighted by Gasteiger charge is -2.33. The summed E-state index contributed by atoms with van der Waals surface area (Å²) in [6, 6.07) is 3.36. The minimum Gasteiger partial charge on any atom is -0.322 e. The Balaban J connectivity index is 0.00000200. The lowest BCUT2D eigenvalue weighted by atomic mass is 10.2. The third kappa shape index (κ3) is 4.40. The first-order valence-electron chi connectivity index (χ1n) is 6.26. The van der Waals surface area contributed by atoms with Crippen molar-refractivity contribution < 1.29 is 13.6 Å². The summed E-state index contributed by atoms with van der Waals surface area (Å²) in [5.74, 6) is -1.72. The smallest absolute Gasteiger partial charge is 0.238 e. The van der Waals surface area contributed by atoms with Gasteiger partial charge in [0.2, 0.25) is 5.91 Å². The predicted molar refractivity (Wildman–Crippen MR) is 76.1 cm³/mol. The molecule has 4 nitrogen and oxygen atoms in total. The maximum atomic E-state index is 13.4. The van der Waals surface area contributed by atoms with E-state index in [1.807, 2.05) is 11.8 Å². The summed E-state index contributed by atoms with van der Waals surface area (Å²) >= 11 is 0. The molecule has 20 heavy (non-hydrogen) atoms. The Morgan fingerprint density at radius 3 is 2.90 bits per heavy atom. The van der Waals surface area contributed by atoms with E-state index in [1.54, 1.807) is 0 Å². The molecular weight excluding hydrogens is 288 g/mol. The molecule has 0 saturated carbocycles. The zero-order chi connectivity index (χ0) is 13.8. The molecule has 2 rings (SSSR count). The molecule has 0 aliphatic carbocycles. The fourth-order valence-electron chi connectivity index (χ4n) is 2.08. The van der Waals surface area contributed by atoms with E-state index in [0.717, 1.165) is 31.8 Å². The third-order valence-corrected chi connectivity index (χ3v) is 3.19. The topological polar surface area (TPSA) is 44.4 Å². The first-order valence-corrected chi connectivity index (χ1v) is 6.26. The highest BCUT2D eigenvalue weighted by Gasteiger charge is 2.20. The number of nitrogens with zero attached hydrogens (tertiary/aromatic N) is 1. The normalized spacial score (nSPS) is 19.2. The molecular formula is C13H18ClF2N3O. The van der Waals surface area contributed by atoms with Gasteiger partial charge in [0.05, 0.1) is 12.2 Å². The van der Waals surface area contributed by atoms with E-state index in [4.69, 9.17) is 0 Å². The molecule has 0 unspecified atom stereocenters. The molecule has 0 radical (unpaired) electrons. The highest BCUT2D eigenvalue weighted by Crippen LogP contribution is 2.15. The maximum Gasteiger partial charge on any atom is 0.238 e. The van der Waals surface area contributed by atoms with Crippen molar-refractivity contribution in [2.24, 2.45) is 0 Å². The van der Waals surface area contributed by atoms with Crippen molar-refractivity contribution in [2.75, 3.05) is 31.5 Å². The van der Waals surface area contributed by atoms with Crippen LogP contribution in [0.4, 0.5) is 14.5 Å². The summed E-state index contributed by atoms with van der Waals surface area (Å²) in [5, 5.41) is 5.69. The second kappa shape index (κ2) is 7.52. The molecule has 2 N–H and O–H groups in total. The lowest BCUT2D eigenvalue weighted by Crippen LogP contribution is -2.52. The molecule has 1 saturated heterocycles. The number of amides is 1. The Bertz CT molecular complexity index is 473. The molecule has 1 atom stereocenters. The van der Waals surface area contributed by atoms with Crippen molar-refractivity contribution >= 4 is 24.0 Å². The van der Waals surface area contributed by atoms with Gasteiger partial charge in [0.25, 0.3) is 0 Å². The number of carbonyl (C=O) groups is 1. The Kier molecular flexibility index (Phi) is 6.32. The average Bonchev–Trinajstić information content (AvgIpc) is 2.36. The van der Waals surface area contributed by atoms with Crippen LogP contribution in [0.1, 0.15) is 6.92 Å². The summed E-state index contributed by atoms with van der Waals surface area (Å²) in [5.41, 5.74) is 0.00851. The molecule has 1 heterocycles. The van der Waals surface area contributed by atoms with Crippen LogP contribution in [0, 0.1) is 11.6 Å². The van der Waals surface area contributed by atoms with Crippen molar-refractivity contribution in [3.8, 4) is 0 Å². The number of hydrogen-bond acceptors (Lipinski definition) is 3. The second-order valence-corrected chi connectivity index (χ2v) is 4.70. The number of nitrogens with one attached hydrogen (secondary N) is 2. The fourth-order valence-corrected chi connectivity index (χ4v) is 2.08. The maximum absolute atomic E-state index is 13.4. The average molecular weight is 306 g/mol.